The predicted octanol–water partition coefficient (Wildman–Crippen LogP) is 4.08. The number of rotatable bonds is 10. The van der Waals surface area contributed by atoms with Crippen LogP contribution in [0.1, 0.15) is 25.0 Å². The highest BCUT2D eigenvalue weighted by Crippen LogP contribution is 2.17. The molecule has 2 rings (SSSR count). The van der Waals surface area contributed by atoms with E-state index in [9.17, 15) is 17.6 Å². The molecule has 0 unspecified atom stereocenters. The van der Waals surface area contributed by atoms with E-state index in [1.54, 1.807) is 56.3 Å². The molecule has 0 aliphatic heterocycles. The highest BCUT2D eigenvalue weighted by molar-refractivity contribution is 7.89. The van der Waals surface area contributed by atoms with Crippen LogP contribution in [0.4, 0.5) is 4.39 Å². The van der Waals surface area contributed by atoms with Crippen molar-refractivity contribution in [2.24, 2.45) is 0 Å². The van der Waals surface area contributed by atoms with Gasteiger partial charge in [0.25, 0.3) is 0 Å². The van der Waals surface area contributed by atoms with Crippen molar-refractivity contribution in [2.75, 3.05) is 19.6 Å². The molecule has 1 amide bonds. The van der Waals surface area contributed by atoms with Crippen molar-refractivity contribution in [1.82, 2.24) is 9.21 Å². The molecule has 0 saturated carbocycles. The number of carbonyl (C=O) groups is 1. The SMILES string of the molecule is C=CCN(Cc1ccccc1F)C(=O)C=Cc1ccc(S(=O)(=O)N(CC)CC)cc1. The van der Waals surface area contributed by atoms with Crippen LogP contribution in [-0.2, 0) is 21.4 Å². The van der Waals surface area contributed by atoms with Gasteiger partial charge in [0.15, 0.2) is 0 Å². The minimum absolute atomic E-state index is 0.128. The van der Waals surface area contributed by atoms with Gasteiger partial charge in [-0.05, 0) is 29.8 Å². The monoisotopic (exact) mass is 430 g/mol. The number of hydrogen-bond acceptors (Lipinski definition) is 3. The minimum atomic E-state index is -3.52. The number of benzene rings is 2. The van der Waals surface area contributed by atoms with Gasteiger partial charge >= 0.3 is 0 Å². The fourth-order valence-electron chi connectivity index (χ4n) is 2.96. The van der Waals surface area contributed by atoms with Crippen LogP contribution in [0.3, 0.4) is 0 Å². The van der Waals surface area contributed by atoms with E-state index in [4.69, 9.17) is 0 Å². The average Bonchev–Trinajstić information content (AvgIpc) is 2.74. The van der Waals surface area contributed by atoms with E-state index in [2.05, 4.69) is 6.58 Å². The zero-order chi connectivity index (χ0) is 22.1. The van der Waals surface area contributed by atoms with Crippen molar-refractivity contribution < 1.29 is 17.6 Å². The predicted molar refractivity (Wildman–Crippen MR) is 118 cm³/mol. The fraction of sp³-hybridized carbons (Fsp3) is 0.261. The zero-order valence-electron chi connectivity index (χ0n) is 17.3. The van der Waals surface area contributed by atoms with E-state index < -0.39 is 10.0 Å². The molecule has 0 bridgehead atoms. The Morgan fingerprint density at radius 2 is 1.70 bits per heavy atom. The van der Waals surface area contributed by atoms with E-state index in [-0.39, 0.29) is 29.7 Å². The maximum Gasteiger partial charge on any atom is 0.247 e. The largest absolute Gasteiger partial charge is 0.331 e. The molecule has 2 aromatic rings. The summed E-state index contributed by atoms with van der Waals surface area (Å²) in [5.41, 5.74) is 1.11. The molecular formula is C23H27FN2O3S. The first-order valence-corrected chi connectivity index (χ1v) is 11.2. The number of amides is 1. The molecule has 0 radical (unpaired) electrons. The molecule has 0 fully saturated rings. The molecule has 7 heteroatoms. The zero-order valence-corrected chi connectivity index (χ0v) is 18.1. The topological polar surface area (TPSA) is 57.7 Å². The minimum Gasteiger partial charge on any atom is -0.331 e. The summed E-state index contributed by atoms with van der Waals surface area (Å²) in [5.74, 6) is -0.661. The number of sulfonamides is 1. The number of hydrogen-bond donors (Lipinski definition) is 0. The summed E-state index contributed by atoms with van der Waals surface area (Å²) in [6.45, 7) is 8.44. The fourth-order valence-corrected chi connectivity index (χ4v) is 4.41. The van der Waals surface area contributed by atoms with E-state index in [0.717, 1.165) is 0 Å². The van der Waals surface area contributed by atoms with Gasteiger partial charge in [0.05, 0.1) is 4.90 Å². The summed E-state index contributed by atoms with van der Waals surface area (Å²) in [6.07, 6.45) is 4.57. The Hall–Kier alpha value is -2.77. The maximum atomic E-state index is 13.9. The first-order valence-electron chi connectivity index (χ1n) is 9.75. The van der Waals surface area contributed by atoms with Crippen LogP contribution in [-0.4, -0.2) is 43.2 Å². The van der Waals surface area contributed by atoms with E-state index in [1.165, 1.54) is 33.5 Å². The van der Waals surface area contributed by atoms with Gasteiger partial charge in [-0.3, -0.25) is 4.79 Å². The summed E-state index contributed by atoms with van der Waals surface area (Å²) in [5, 5.41) is 0. The van der Waals surface area contributed by atoms with Crippen molar-refractivity contribution in [3.63, 3.8) is 0 Å². The molecule has 0 N–H and O–H groups in total. The van der Waals surface area contributed by atoms with E-state index >= 15 is 0 Å². The van der Waals surface area contributed by atoms with Crippen LogP contribution in [0.5, 0.6) is 0 Å². The van der Waals surface area contributed by atoms with Crippen LogP contribution in [0.25, 0.3) is 6.08 Å². The Balaban J connectivity index is 2.14. The van der Waals surface area contributed by atoms with Crippen LogP contribution in [0, 0.1) is 5.82 Å². The lowest BCUT2D eigenvalue weighted by atomic mass is 10.2. The van der Waals surface area contributed by atoms with Crippen molar-refractivity contribution in [2.45, 2.75) is 25.3 Å². The third-order valence-corrected chi connectivity index (χ3v) is 6.69. The van der Waals surface area contributed by atoms with Gasteiger partial charge in [-0.15, -0.1) is 6.58 Å². The molecule has 5 nitrogen and oxygen atoms in total. The Labute approximate surface area is 178 Å². The number of halogens is 1. The molecule has 0 heterocycles. The second kappa shape index (κ2) is 10.8. The normalized spacial score (nSPS) is 11.7. The van der Waals surface area contributed by atoms with Gasteiger partial charge in [-0.2, -0.15) is 4.31 Å². The lowest BCUT2D eigenvalue weighted by Gasteiger charge is -2.20. The summed E-state index contributed by atoms with van der Waals surface area (Å²) in [7, 11) is -3.52. The molecule has 0 atom stereocenters. The molecule has 0 saturated heterocycles. The third kappa shape index (κ3) is 5.87. The van der Waals surface area contributed by atoms with Crippen molar-refractivity contribution >= 4 is 22.0 Å². The Morgan fingerprint density at radius 1 is 1.07 bits per heavy atom. The molecule has 0 spiro atoms. The molecule has 160 valence electrons. The Kier molecular flexibility index (Phi) is 8.50. The number of nitrogens with zero attached hydrogens (tertiary/aromatic N) is 2. The highest BCUT2D eigenvalue weighted by atomic mass is 32.2. The van der Waals surface area contributed by atoms with Gasteiger partial charge in [-0.25, -0.2) is 12.8 Å². The second-order valence-electron chi connectivity index (χ2n) is 6.59. The molecule has 0 aliphatic carbocycles. The summed E-state index contributed by atoms with van der Waals surface area (Å²) >= 11 is 0. The number of carbonyl (C=O) groups excluding carboxylic acids is 1. The summed E-state index contributed by atoms with van der Waals surface area (Å²) < 4.78 is 40.4. The van der Waals surface area contributed by atoms with Crippen molar-refractivity contribution in [3.05, 3.63) is 84.2 Å². The van der Waals surface area contributed by atoms with Gasteiger partial charge in [0.1, 0.15) is 5.82 Å². The maximum absolute atomic E-state index is 13.9. The lowest BCUT2D eigenvalue weighted by Crippen LogP contribution is -2.30. The molecular weight excluding hydrogens is 403 g/mol. The van der Waals surface area contributed by atoms with Gasteiger partial charge in [0, 0.05) is 37.8 Å². The van der Waals surface area contributed by atoms with Crippen LogP contribution >= 0.6 is 0 Å². The van der Waals surface area contributed by atoms with Crippen molar-refractivity contribution in [3.8, 4) is 0 Å². The first kappa shape index (κ1) is 23.5. The van der Waals surface area contributed by atoms with E-state index in [1.807, 2.05) is 0 Å². The van der Waals surface area contributed by atoms with Crippen LogP contribution in [0.15, 0.2) is 72.2 Å². The molecule has 30 heavy (non-hydrogen) atoms. The average molecular weight is 431 g/mol. The molecule has 0 aromatic heterocycles. The van der Waals surface area contributed by atoms with Gasteiger partial charge < -0.3 is 4.90 Å². The quantitative estimate of drug-likeness (QED) is 0.422. The first-order chi connectivity index (χ1) is 14.3. The second-order valence-corrected chi connectivity index (χ2v) is 8.53. The smallest absolute Gasteiger partial charge is 0.247 e. The standard InChI is InChI=1S/C23H27FN2O3S/c1-4-17-25(18-20-9-7-8-10-22(20)24)23(27)16-13-19-11-14-21(15-12-19)30(28,29)26(5-2)6-3/h4,7-16H,1,5-6,17-18H2,2-3H3. The van der Waals surface area contributed by atoms with E-state index in [0.29, 0.717) is 24.2 Å². The summed E-state index contributed by atoms with van der Waals surface area (Å²) in [4.78, 5) is 14.3. The lowest BCUT2D eigenvalue weighted by molar-refractivity contribution is -0.126. The summed E-state index contributed by atoms with van der Waals surface area (Å²) in [6, 6.07) is 12.7. The molecule has 2 aromatic carbocycles. The molecule has 0 aliphatic rings. The van der Waals surface area contributed by atoms with Crippen LogP contribution < -0.4 is 0 Å². The third-order valence-electron chi connectivity index (χ3n) is 4.62. The van der Waals surface area contributed by atoms with Gasteiger partial charge in [-0.1, -0.05) is 50.3 Å². The van der Waals surface area contributed by atoms with Crippen molar-refractivity contribution in [1.29, 1.82) is 0 Å². The Morgan fingerprint density at radius 3 is 2.27 bits per heavy atom. The van der Waals surface area contributed by atoms with Gasteiger partial charge in [0.2, 0.25) is 15.9 Å². The Bertz CT molecular complexity index is 997. The van der Waals surface area contributed by atoms with Crippen LogP contribution in [0.2, 0.25) is 0 Å². The highest BCUT2D eigenvalue weighted by Gasteiger charge is 2.21.